The monoisotopic (exact) mass is 112 g/mol. The lowest BCUT2D eigenvalue weighted by Crippen LogP contribution is -2.14. The van der Waals surface area contributed by atoms with Gasteiger partial charge >= 0.3 is 0 Å². The predicted octanol–water partition coefficient (Wildman–Crippen LogP) is 1.17. The lowest BCUT2D eigenvalue weighted by atomic mass is 9.98. The number of aliphatic hydroxyl groups is 1. The highest BCUT2D eigenvalue weighted by molar-refractivity contribution is 4.94. The Morgan fingerprint density at radius 3 is 2.75 bits per heavy atom. The Balaban J connectivity index is 1.99. The van der Waals surface area contributed by atoms with Crippen LogP contribution < -0.4 is 0 Å². The van der Waals surface area contributed by atoms with E-state index in [2.05, 4.69) is 0 Å². The number of hydrogen-bond donors (Lipinski definition) is 1. The van der Waals surface area contributed by atoms with Gasteiger partial charge in [-0.25, -0.2) is 0 Å². The van der Waals surface area contributed by atoms with Gasteiger partial charge in [-0.05, 0) is 31.1 Å². The van der Waals surface area contributed by atoms with Crippen molar-refractivity contribution in [1.29, 1.82) is 0 Å². The smallest absolute Gasteiger partial charge is 0.0571 e. The molecule has 2 saturated carbocycles. The molecule has 0 aromatic carbocycles. The maximum Gasteiger partial charge on any atom is 0.0571 e. The van der Waals surface area contributed by atoms with Crippen molar-refractivity contribution in [1.82, 2.24) is 0 Å². The summed E-state index contributed by atoms with van der Waals surface area (Å²) in [6.45, 7) is 0. The minimum Gasteiger partial charge on any atom is -0.393 e. The molecule has 46 valence electrons. The number of hydrogen-bond acceptors (Lipinski definition) is 1. The molecule has 2 rings (SSSR count). The van der Waals surface area contributed by atoms with Gasteiger partial charge in [-0.3, -0.25) is 0 Å². The molecule has 0 spiro atoms. The van der Waals surface area contributed by atoms with E-state index in [0.29, 0.717) is 0 Å². The van der Waals surface area contributed by atoms with E-state index in [0.717, 1.165) is 18.3 Å². The van der Waals surface area contributed by atoms with E-state index in [1.54, 1.807) is 0 Å². The Hall–Kier alpha value is -0.0400. The molecular formula is C7H12O. The fraction of sp³-hybridized carbons (Fsp3) is 1.00. The minimum absolute atomic E-state index is 0.0775. The van der Waals surface area contributed by atoms with Crippen LogP contribution in [0.2, 0.25) is 0 Å². The van der Waals surface area contributed by atoms with Gasteiger partial charge in [-0.1, -0.05) is 6.42 Å². The van der Waals surface area contributed by atoms with Crippen LogP contribution in [0, 0.1) is 11.8 Å². The lowest BCUT2D eigenvalue weighted by molar-refractivity contribution is 0.116. The van der Waals surface area contributed by atoms with Crippen LogP contribution >= 0.6 is 0 Å². The van der Waals surface area contributed by atoms with Gasteiger partial charge in [0.05, 0.1) is 6.10 Å². The Kier molecular flexibility index (Phi) is 0.884. The van der Waals surface area contributed by atoms with Crippen molar-refractivity contribution in [2.45, 2.75) is 31.8 Å². The molecule has 0 aromatic rings. The van der Waals surface area contributed by atoms with Crippen molar-refractivity contribution in [2.75, 3.05) is 0 Å². The van der Waals surface area contributed by atoms with Crippen LogP contribution in [-0.4, -0.2) is 11.2 Å². The topological polar surface area (TPSA) is 20.2 Å². The number of fused-ring (bicyclic) bond motifs is 1. The molecule has 2 fully saturated rings. The van der Waals surface area contributed by atoms with Crippen LogP contribution in [0.15, 0.2) is 0 Å². The molecule has 1 heteroatoms. The first-order valence-electron chi connectivity index (χ1n) is 3.56. The highest BCUT2D eigenvalue weighted by Crippen LogP contribution is 2.49. The fourth-order valence-corrected chi connectivity index (χ4v) is 1.88. The molecule has 1 nitrogen and oxygen atoms in total. The molecule has 0 saturated heterocycles. The van der Waals surface area contributed by atoms with E-state index in [9.17, 15) is 5.11 Å². The number of rotatable bonds is 0. The van der Waals surface area contributed by atoms with E-state index in [-0.39, 0.29) is 6.10 Å². The Bertz CT molecular complexity index is 101. The van der Waals surface area contributed by atoms with Gasteiger partial charge in [0, 0.05) is 0 Å². The molecule has 3 atom stereocenters. The molecule has 0 bridgehead atoms. The summed E-state index contributed by atoms with van der Waals surface area (Å²) in [6, 6.07) is 0. The zero-order valence-corrected chi connectivity index (χ0v) is 5.01. The second-order valence-corrected chi connectivity index (χ2v) is 3.16. The molecule has 2 aliphatic carbocycles. The highest BCUT2D eigenvalue weighted by Gasteiger charge is 2.44. The van der Waals surface area contributed by atoms with Crippen molar-refractivity contribution < 1.29 is 5.11 Å². The van der Waals surface area contributed by atoms with E-state index in [4.69, 9.17) is 0 Å². The summed E-state index contributed by atoms with van der Waals surface area (Å²) in [6.07, 6.45) is 5.13. The number of aliphatic hydroxyl groups excluding tert-OH is 1. The predicted molar refractivity (Wildman–Crippen MR) is 31.5 cm³/mol. The molecule has 0 radical (unpaired) electrons. The first kappa shape index (κ1) is 4.80. The third-order valence-electron chi connectivity index (χ3n) is 2.55. The molecule has 2 aliphatic rings. The molecule has 0 heterocycles. The van der Waals surface area contributed by atoms with E-state index >= 15 is 0 Å². The Morgan fingerprint density at radius 2 is 2.12 bits per heavy atom. The van der Waals surface area contributed by atoms with E-state index in [1.165, 1.54) is 19.3 Å². The highest BCUT2D eigenvalue weighted by atomic mass is 16.3. The van der Waals surface area contributed by atoms with Crippen LogP contribution in [-0.2, 0) is 0 Å². The molecular weight excluding hydrogens is 100 g/mol. The second-order valence-electron chi connectivity index (χ2n) is 3.16. The van der Waals surface area contributed by atoms with Gasteiger partial charge in [-0.15, -0.1) is 0 Å². The summed E-state index contributed by atoms with van der Waals surface area (Å²) in [5, 5.41) is 9.22. The van der Waals surface area contributed by atoms with Gasteiger partial charge in [0.15, 0.2) is 0 Å². The zero-order chi connectivity index (χ0) is 5.56. The molecule has 0 unspecified atom stereocenters. The van der Waals surface area contributed by atoms with Gasteiger partial charge < -0.3 is 5.11 Å². The summed E-state index contributed by atoms with van der Waals surface area (Å²) in [4.78, 5) is 0. The summed E-state index contributed by atoms with van der Waals surface area (Å²) in [5.74, 6) is 1.66. The first-order valence-corrected chi connectivity index (χ1v) is 3.56. The normalized spacial score (nSPS) is 52.9. The van der Waals surface area contributed by atoms with Crippen molar-refractivity contribution in [3.05, 3.63) is 0 Å². The van der Waals surface area contributed by atoms with Crippen molar-refractivity contribution in [3.8, 4) is 0 Å². The Morgan fingerprint density at radius 1 is 1.25 bits per heavy atom. The van der Waals surface area contributed by atoms with E-state index in [1.807, 2.05) is 0 Å². The molecule has 1 N–H and O–H groups in total. The van der Waals surface area contributed by atoms with Crippen molar-refractivity contribution >= 4 is 0 Å². The van der Waals surface area contributed by atoms with Gasteiger partial charge in [-0.2, -0.15) is 0 Å². The van der Waals surface area contributed by atoms with Crippen molar-refractivity contribution in [3.63, 3.8) is 0 Å². The standard InChI is InChI=1S/C7H12O/c8-7-3-1-2-5-4-6(5)7/h5-8H,1-4H2/t5-,6+,7-/m1/s1. The lowest BCUT2D eigenvalue weighted by Gasteiger charge is -2.14. The molecule has 0 amide bonds. The Labute approximate surface area is 49.7 Å². The third-order valence-corrected chi connectivity index (χ3v) is 2.55. The quantitative estimate of drug-likeness (QED) is 0.498. The SMILES string of the molecule is O[C@@H]1CCC[C@@H]2C[C@@H]21. The fourth-order valence-electron chi connectivity index (χ4n) is 1.88. The summed E-state index contributed by atoms with van der Waals surface area (Å²) in [7, 11) is 0. The first-order chi connectivity index (χ1) is 3.88. The van der Waals surface area contributed by atoms with Gasteiger partial charge in [0.2, 0.25) is 0 Å². The second kappa shape index (κ2) is 1.47. The summed E-state index contributed by atoms with van der Waals surface area (Å²) in [5.41, 5.74) is 0. The molecule has 0 aliphatic heterocycles. The minimum atomic E-state index is 0.0775. The summed E-state index contributed by atoms with van der Waals surface area (Å²) < 4.78 is 0. The maximum absolute atomic E-state index is 9.22. The van der Waals surface area contributed by atoms with Crippen LogP contribution in [0.3, 0.4) is 0 Å². The van der Waals surface area contributed by atoms with Gasteiger partial charge in [0.25, 0.3) is 0 Å². The zero-order valence-electron chi connectivity index (χ0n) is 5.01. The average Bonchev–Trinajstić information content (AvgIpc) is 2.45. The average molecular weight is 112 g/mol. The molecule has 0 aromatic heterocycles. The van der Waals surface area contributed by atoms with Crippen LogP contribution in [0.4, 0.5) is 0 Å². The third kappa shape index (κ3) is 0.576. The summed E-state index contributed by atoms with van der Waals surface area (Å²) >= 11 is 0. The van der Waals surface area contributed by atoms with Crippen LogP contribution in [0.5, 0.6) is 0 Å². The maximum atomic E-state index is 9.22. The largest absolute Gasteiger partial charge is 0.393 e. The molecule has 8 heavy (non-hydrogen) atoms. The van der Waals surface area contributed by atoms with Crippen LogP contribution in [0.1, 0.15) is 25.7 Å². The van der Waals surface area contributed by atoms with Gasteiger partial charge in [0.1, 0.15) is 0 Å². The van der Waals surface area contributed by atoms with Crippen molar-refractivity contribution in [2.24, 2.45) is 11.8 Å². The van der Waals surface area contributed by atoms with E-state index < -0.39 is 0 Å². The van der Waals surface area contributed by atoms with Crippen LogP contribution in [0.25, 0.3) is 0 Å².